The van der Waals surface area contributed by atoms with E-state index >= 15 is 0 Å². The van der Waals surface area contributed by atoms with Gasteiger partial charge in [-0.05, 0) is 42.6 Å². The number of nitrogens with two attached hydrogens (primary N) is 1. The highest BCUT2D eigenvalue weighted by Crippen LogP contribution is 2.48. The van der Waals surface area contributed by atoms with Crippen molar-refractivity contribution in [3.63, 3.8) is 0 Å². The molecule has 0 spiro atoms. The first-order valence-corrected chi connectivity index (χ1v) is 6.32. The summed E-state index contributed by atoms with van der Waals surface area (Å²) in [4.78, 5) is 0. The summed E-state index contributed by atoms with van der Waals surface area (Å²) in [5, 5.41) is 0. The average Bonchev–Trinajstić information content (AvgIpc) is 2.86. The van der Waals surface area contributed by atoms with E-state index in [0.29, 0.717) is 6.04 Å². The second-order valence-electron chi connectivity index (χ2n) is 5.33. The largest absolute Gasteiger partial charge is 0.327 e. The lowest BCUT2D eigenvalue weighted by Gasteiger charge is -2.24. The molecular formula is C15H19N. The molecule has 0 aliphatic heterocycles. The zero-order valence-electron chi connectivity index (χ0n) is 9.55. The van der Waals surface area contributed by atoms with Crippen LogP contribution in [-0.2, 0) is 0 Å². The van der Waals surface area contributed by atoms with Crippen LogP contribution in [0.3, 0.4) is 0 Å². The van der Waals surface area contributed by atoms with Crippen LogP contribution in [0.2, 0.25) is 0 Å². The van der Waals surface area contributed by atoms with Crippen LogP contribution in [0.4, 0.5) is 0 Å². The van der Waals surface area contributed by atoms with Gasteiger partial charge < -0.3 is 5.73 Å². The van der Waals surface area contributed by atoms with Gasteiger partial charge in [0.25, 0.3) is 0 Å². The van der Waals surface area contributed by atoms with Gasteiger partial charge in [-0.3, -0.25) is 0 Å². The van der Waals surface area contributed by atoms with Gasteiger partial charge in [-0.2, -0.15) is 0 Å². The number of hydrogen-bond donors (Lipinski definition) is 1. The third-order valence-electron chi connectivity index (χ3n) is 4.25. The molecule has 0 amide bonds. The van der Waals surface area contributed by atoms with Crippen molar-refractivity contribution in [1.29, 1.82) is 0 Å². The lowest BCUT2D eigenvalue weighted by Crippen LogP contribution is -2.31. The molecule has 2 aliphatic carbocycles. The normalized spacial score (nSPS) is 37.3. The molecular weight excluding hydrogens is 194 g/mol. The zero-order valence-corrected chi connectivity index (χ0v) is 9.55. The Hall–Kier alpha value is -1.08. The van der Waals surface area contributed by atoms with Crippen LogP contribution in [0.15, 0.2) is 36.4 Å². The van der Waals surface area contributed by atoms with Gasteiger partial charge in [-0.1, -0.05) is 42.5 Å². The lowest BCUT2D eigenvalue weighted by atomic mass is 9.85. The van der Waals surface area contributed by atoms with E-state index < -0.39 is 0 Å². The van der Waals surface area contributed by atoms with E-state index in [-0.39, 0.29) is 0 Å². The molecule has 1 nitrogen and oxygen atoms in total. The Kier molecular flexibility index (Phi) is 2.56. The van der Waals surface area contributed by atoms with Gasteiger partial charge in [0.2, 0.25) is 0 Å². The van der Waals surface area contributed by atoms with Crippen molar-refractivity contribution < 1.29 is 0 Å². The lowest BCUT2D eigenvalue weighted by molar-refractivity contribution is 0.347. The van der Waals surface area contributed by atoms with Crippen LogP contribution < -0.4 is 5.73 Å². The maximum atomic E-state index is 6.15. The van der Waals surface area contributed by atoms with Crippen molar-refractivity contribution in [2.45, 2.75) is 25.3 Å². The molecule has 4 atom stereocenters. The van der Waals surface area contributed by atoms with Gasteiger partial charge >= 0.3 is 0 Å². The molecule has 1 aromatic carbocycles. The molecule has 2 aliphatic rings. The molecule has 2 fully saturated rings. The molecule has 0 unspecified atom stereocenters. The van der Waals surface area contributed by atoms with E-state index in [2.05, 4.69) is 42.5 Å². The number of allylic oxidation sites excluding steroid dienone is 1. The minimum absolute atomic E-state index is 0.462. The van der Waals surface area contributed by atoms with Gasteiger partial charge in [0.05, 0.1) is 0 Å². The van der Waals surface area contributed by atoms with Gasteiger partial charge in [0.1, 0.15) is 0 Å². The second kappa shape index (κ2) is 4.06. The first-order valence-electron chi connectivity index (χ1n) is 6.32. The fourth-order valence-corrected chi connectivity index (χ4v) is 3.48. The molecule has 84 valence electrons. The maximum absolute atomic E-state index is 6.15. The molecule has 2 bridgehead atoms. The molecule has 1 heteroatoms. The van der Waals surface area contributed by atoms with Crippen LogP contribution in [0, 0.1) is 17.8 Å². The summed E-state index contributed by atoms with van der Waals surface area (Å²) in [7, 11) is 0. The van der Waals surface area contributed by atoms with Crippen molar-refractivity contribution in [1.82, 2.24) is 0 Å². The quantitative estimate of drug-likeness (QED) is 0.802. The van der Waals surface area contributed by atoms with Crippen LogP contribution >= 0.6 is 0 Å². The second-order valence-corrected chi connectivity index (χ2v) is 5.33. The summed E-state index contributed by atoms with van der Waals surface area (Å²) in [5.41, 5.74) is 7.45. The molecule has 16 heavy (non-hydrogen) atoms. The number of fused-ring (bicyclic) bond motifs is 2. The molecule has 0 heterocycles. The topological polar surface area (TPSA) is 26.0 Å². The molecule has 2 saturated carbocycles. The standard InChI is InChI=1S/C15H19N/c16-15-10-12-8-13(14(15)9-12)7-6-11-4-2-1-3-5-11/h1-7,12-15H,8-10,16H2/b7-6+/t12-,13-,14+,15+/m0/s1. The van der Waals surface area contributed by atoms with Gasteiger partial charge in [-0.25, -0.2) is 0 Å². The van der Waals surface area contributed by atoms with Crippen LogP contribution in [0.25, 0.3) is 6.08 Å². The fourth-order valence-electron chi connectivity index (χ4n) is 3.48. The molecule has 3 rings (SSSR count). The smallest absolute Gasteiger partial charge is 0.00755 e. The Bertz CT molecular complexity index is 382. The van der Waals surface area contributed by atoms with Crippen molar-refractivity contribution in [2.24, 2.45) is 23.5 Å². The Morgan fingerprint density at radius 2 is 1.88 bits per heavy atom. The summed E-state index contributed by atoms with van der Waals surface area (Å²) >= 11 is 0. The first-order chi connectivity index (χ1) is 7.83. The molecule has 0 aromatic heterocycles. The van der Waals surface area contributed by atoms with Crippen LogP contribution in [-0.4, -0.2) is 6.04 Å². The average molecular weight is 213 g/mol. The number of benzene rings is 1. The van der Waals surface area contributed by atoms with Gasteiger partial charge in [0, 0.05) is 6.04 Å². The van der Waals surface area contributed by atoms with E-state index in [9.17, 15) is 0 Å². The Morgan fingerprint density at radius 3 is 2.56 bits per heavy atom. The summed E-state index contributed by atoms with van der Waals surface area (Å²) in [6.45, 7) is 0. The Balaban J connectivity index is 1.70. The van der Waals surface area contributed by atoms with Crippen molar-refractivity contribution in [3.8, 4) is 0 Å². The molecule has 2 N–H and O–H groups in total. The summed E-state index contributed by atoms with van der Waals surface area (Å²) < 4.78 is 0. The highest BCUT2D eigenvalue weighted by molar-refractivity contribution is 5.49. The van der Waals surface area contributed by atoms with Gasteiger partial charge in [-0.15, -0.1) is 0 Å². The summed E-state index contributed by atoms with van der Waals surface area (Å²) in [6, 6.07) is 11.0. The molecule has 0 saturated heterocycles. The van der Waals surface area contributed by atoms with E-state index in [1.807, 2.05) is 0 Å². The minimum atomic E-state index is 0.462. The van der Waals surface area contributed by atoms with Crippen LogP contribution in [0.1, 0.15) is 24.8 Å². The number of hydrogen-bond acceptors (Lipinski definition) is 1. The predicted molar refractivity (Wildman–Crippen MR) is 67.8 cm³/mol. The third-order valence-corrected chi connectivity index (χ3v) is 4.25. The van der Waals surface area contributed by atoms with E-state index in [1.165, 1.54) is 24.8 Å². The Morgan fingerprint density at radius 1 is 1.06 bits per heavy atom. The Labute approximate surface area is 97.4 Å². The minimum Gasteiger partial charge on any atom is -0.327 e. The van der Waals surface area contributed by atoms with Gasteiger partial charge in [0.15, 0.2) is 0 Å². The summed E-state index contributed by atoms with van der Waals surface area (Å²) in [5.74, 6) is 2.39. The zero-order chi connectivity index (χ0) is 11.0. The van der Waals surface area contributed by atoms with Crippen LogP contribution in [0.5, 0.6) is 0 Å². The fraction of sp³-hybridized carbons (Fsp3) is 0.467. The monoisotopic (exact) mass is 213 g/mol. The first kappa shape index (κ1) is 10.1. The highest BCUT2D eigenvalue weighted by atomic mass is 14.7. The number of rotatable bonds is 2. The van der Waals surface area contributed by atoms with Crippen molar-refractivity contribution >= 4 is 6.08 Å². The summed E-state index contributed by atoms with van der Waals surface area (Å²) in [6.07, 6.45) is 8.64. The SMILES string of the molecule is N[C@@H]1C[C@@H]2C[C@@H]1[C@@H](/C=C/c1ccccc1)C2. The van der Waals surface area contributed by atoms with E-state index in [1.54, 1.807) is 0 Å². The highest BCUT2D eigenvalue weighted by Gasteiger charge is 2.43. The third kappa shape index (κ3) is 1.80. The molecule has 0 radical (unpaired) electrons. The maximum Gasteiger partial charge on any atom is 0.00755 e. The molecule has 1 aromatic rings. The van der Waals surface area contributed by atoms with E-state index in [4.69, 9.17) is 5.73 Å². The van der Waals surface area contributed by atoms with Crippen molar-refractivity contribution in [3.05, 3.63) is 42.0 Å². The predicted octanol–water partition coefficient (Wildman–Crippen LogP) is 3.07. The van der Waals surface area contributed by atoms with E-state index in [0.717, 1.165) is 17.8 Å². The van der Waals surface area contributed by atoms with Crippen molar-refractivity contribution in [2.75, 3.05) is 0 Å².